The second-order valence-electron chi connectivity index (χ2n) is 3.02. The Kier molecular flexibility index (Phi) is 2.41. The summed E-state index contributed by atoms with van der Waals surface area (Å²) in [5.41, 5.74) is 0.684. The van der Waals surface area contributed by atoms with E-state index < -0.39 is 0 Å². The van der Waals surface area contributed by atoms with Crippen LogP contribution < -0.4 is 0 Å². The van der Waals surface area contributed by atoms with Crippen LogP contribution in [0.1, 0.15) is 10.4 Å². The van der Waals surface area contributed by atoms with E-state index in [9.17, 15) is 9.90 Å². The van der Waals surface area contributed by atoms with Crippen molar-refractivity contribution in [2.75, 3.05) is 0 Å². The van der Waals surface area contributed by atoms with E-state index in [1.165, 1.54) is 0 Å². The highest BCUT2D eigenvalue weighted by atomic mass is 127. The molecule has 0 aliphatic rings. The summed E-state index contributed by atoms with van der Waals surface area (Å²) in [6.07, 6.45) is 0. The second kappa shape index (κ2) is 3.57. The van der Waals surface area contributed by atoms with Gasteiger partial charge in [-0.15, -0.1) is 0 Å². The first-order valence-electron chi connectivity index (χ1n) is 4.09. The summed E-state index contributed by atoms with van der Waals surface area (Å²) in [4.78, 5) is 11.1. The number of aromatic hydroxyl groups is 1. The molecule has 2 aromatic rings. The van der Waals surface area contributed by atoms with Gasteiger partial charge in [0.2, 0.25) is 3.79 Å². The van der Waals surface area contributed by atoms with Gasteiger partial charge in [-0.3, -0.25) is 4.79 Å². The smallest absolute Gasteiger partial charge is 0.222 e. The van der Waals surface area contributed by atoms with Gasteiger partial charge in [-0.05, 0) is 35.0 Å². The monoisotopic (exact) mass is 298 g/mol. The van der Waals surface area contributed by atoms with E-state index in [4.69, 9.17) is 0 Å². The lowest BCUT2D eigenvalue weighted by molar-refractivity contribution is 0.110. The molecule has 0 spiro atoms. The van der Waals surface area contributed by atoms with Crippen molar-refractivity contribution in [3.8, 4) is 5.75 Å². The first-order chi connectivity index (χ1) is 6.66. The molecule has 0 atom stereocenters. The summed E-state index contributed by atoms with van der Waals surface area (Å²) in [5.74, 6) is 0.242. The summed E-state index contributed by atoms with van der Waals surface area (Å²) in [6.45, 7) is 0. The van der Waals surface area contributed by atoms with Crippen LogP contribution >= 0.6 is 22.6 Å². The summed E-state index contributed by atoms with van der Waals surface area (Å²) in [7, 11) is 0. The molecule has 2 rings (SSSR count). The molecule has 0 bridgehead atoms. The van der Waals surface area contributed by atoms with Crippen molar-refractivity contribution in [2.24, 2.45) is 0 Å². The number of carbonyl (C=O) groups is 1. The number of carbonyl (C=O) groups excluding carboxylic acids is 1. The molecule has 0 fully saturated rings. The van der Waals surface area contributed by atoms with Gasteiger partial charge in [0.05, 0.1) is 0 Å². The maximum atomic E-state index is 11.1. The minimum atomic E-state index is 0.0255. The van der Waals surface area contributed by atoms with Gasteiger partial charge in [0.25, 0.3) is 0 Å². The Morgan fingerprint density at radius 3 is 2.43 bits per heavy atom. The van der Waals surface area contributed by atoms with E-state index in [-0.39, 0.29) is 9.54 Å². The van der Waals surface area contributed by atoms with Gasteiger partial charge in [0.1, 0.15) is 5.75 Å². The normalized spacial score (nSPS) is 10.4. The Bertz CT molecular complexity index is 506. The van der Waals surface area contributed by atoms with Gasteiger partial charge in [-0.25, -0.2) is 0 Å². The third kappa shape index (κ3) is 1.72. The SMILES string of the molecule is O=C(I)c1ccc2cc(O)ccc2c1. The first-order valence-corrected chi connectivity index (χ1v) is 5.17. The van der Waals surface area contributed by atoms with Crippen LogP contribution in [0.3, 0.4) is 0 Å². The molecule has 14 heavy (non-hydrogen) atoms. The second-order valence-corrected chi connectivity index (χ2v) is 4.00. The molecule has 1 N–H and O–H groups in total. The summed E-state index contributed by atoms with van der Waals surface area (Å²) in [5, 5.41) is 11.1. The van der Waals surface area contributed by atoms with Crippen molar-refractivity contribution in [3.63, 3.8) is 0 Å². The predicted octanol–water partition coefficient (Wildman–Crippen LogP) is 3.12. The lowest BCUT2D eigenvalue weighted by Gasteiger charge is -2.00. The van der Waals surface area contributed by atoms with Gasteiger partial charge in [0, 0.05) is 28.2 Å². The molecule has 0 saturated heterocycles. The van der Waals surface area contributed by atoms with Crippen molar-refractivity contribution >= 4 is 37.2 Å². The molecule has 0 amide bonds. The van der Waals surface area contributed by atoms with Gasteiger partial charge in [0.15, 0.2) is 0 Å². The van der Waals surface area contributed by atoms with Crippen LogP contribution in [-0.2, 0) is 0 Å². The molecule has 2 nitrogen and oxygen atoms in total. The maximum Gasteiger partial charge on any atom is 0.222 e. The van der Waals surface area contributed by atoms with Crippen molar-refractivity contribution in [1.29, 1.82) is 0 Å². The minimum absolute atomic E-state index is 0.0255. The number of fused-ring (bicyclic) bond motifs is 1. The lowest BCUT2D eigenvalue weighted by atomic mass is 10.1. The van der Waals surface area contributed by atoms with Crippen LogP contribution in [-0.4, -0.2) is 8.90 Å². The summed E-state index contributed by atoms with van der Waals surface area (Å²) in [6, 6.07) is 10.5. The molecule has 0 radical (unpaired) electrons. The topological polar surface area (TPSA) is 37.3 Å². The van der Waals surface area contributed by atoms with Crippen LogP contribution in [0.25, 0.3) is 10.8 Å². The highest BCUT2D eigenvalue weighted by Gasteiger charge is 2.02. The average molecular weight is 298 g/mol. The zero-order valence-corrected chi connectivity index (χ0v) is 9.36. The van der Waals surface area contributed by atoms with Crippen LogP contribution in [0.2, 0.25) is 0 Å². The Hall–Kier alpha value is -1.10. The highest BCUT2D eigenvalue weighted by molar-refractivity contribution is 14.1. The molecule has 0 aliphatic carbocycles. The summed E-state index contributed by atoms with van der Waals surface area (Å²) >= 11 is 1.76. The molecule has 0 aromatic heterocycles. The van der Waals surface area contributed by atoms with E-state index in [1.807, 2.05) is 12.1 Å². The Balaban J connectivity index is 2.67. The van der Waals surface area contributed by atoms with Crippen LogP contribution in [0.4, 0.5) is 0 Å². The largest absolute Gasteiger partial charge is 0.508 e. The lowest BCUT2D eigenvalue weighted by Crippen LogP contribution is -1.86. The fraction of sp³-hybridized carbons (Fsp3) is 0. The average Bonchev–Trinajstić information content (AvgIpc) is 2.16. The number of hydrogen-bond donors (Lipinski definition) is 1. The van der Waals surface area contributed by atoms with Gasteiger partial charge in [-0.2, -0.15) is 0 Å². The molecular weight excluding hydrogens is 291 g/mol. The van der Waals surface area contributed by atoms with E-state index in [0.29, 0.717) is 5.56 Å². The Morgan fingerprint density at radius 1 is 1.07 bits per heavy atom. The molecule has 0 saturated carbocycles. The molecular formula is C11H7IO2. The first kappa shape index (κ1) is 9.45. The molecule has 70 valence electrons. The third-order valence-electron chi connectivity index (χ3n) is 2.05. The molecule has 0 aliphatic heterocycles. The maximum absolute atomic E-state index is 11.1. The highest BCUT2D eigenvalue weighted by Crippen LogP contribution is 2.21. The van der Waals surface area contributed by atoms with Crippen molar-refractivity contribution < 1.29 is 9.90 Å². The van der Waals surface area contributed by atoms with Crippen molar-refractivity contribution in [3.05, 3.63) is 42.0 Å². The zero-order valence-electron chi connectivity index (χ0n) is 7.20. The molecule has 3 heteroatoms. The van der Waals surface area contributed by atoms with Crippen LogP contribution in [0.15, 0.2) is 36.4 Å². The fourth-order valence-corrected chi connectivity index (χ4v) is 1.69. The molecule has 0 unspecified atom stereocenters. The number of hydrogen-bond acceptors (Lipinski definition) is 2. The fourth-order valence-electron chi connectivity index (χ4n) is 1.36. The van der Waals surface area contributed by atoms with Crippen LogP contribution in [0.5, 0.6) is 5.75 Å². The molecule has 0 heterocycles. The molecule has 2 aromatic carbocycles. The quantitative estimate of drug-likeness (QED) is 0.649. The Labute approximate surface area is 94.7 Å². The van der Waals surface area contributed by atoms with Gasteiger partial charge in [-0.1, -0.05) is 12.1 Å². The van der Waals surface area contributed by atoms with Crippen molar-refractivity contribution in [1.82, 2.24) is 0 Å². The van der Waals surface area contributed by atoms with Crippen molar-refractivity contribution in [2.45, 2.75) is 0 Å². The van der Waals surface area contributed by atoms with Gasteiger partial charge >= 0.3 is 0 Å². The third-order valence-corrected chi connectivity index (χ3v) is 2.67. The predicted molar refractivity (Wildman–Crippen MR) is 64.0 cm³/mol. The number of phenolic OH excluding ortho intramolecular Hbond substituents is 1. The van der Waals surface area contributed by atoms with E-state index in [2.05, 4.69) is 0 Å². The van der Waals surface area contributed by atoms with Crippen LogP contribution in [0, 0.1) is 0 Å². The van der Waals surface area contributed by atoms with E-state index in [1.54, 1.807) is 46.9 Å². The minimum Gasteiger partial charge on any atom is -0.508 e. The summed E-state index contributed by atoms with van der Waals surface area (Å²) < 4.78 is 0.0255. The number of rotatable bonds is 1. The zero-order chi connectivity index (χ0) is 10.1. The number of benzene rings is 2. The van der Waals surface area contributed by atoms with E-state index >= 15 is 0 Å². The Morgan fingerprint density at radius 2 is 1.71 bits per heavy atom. The van der Waals surface area contributed by atoms with Gasteiger partial charge < -0.3 is 5.11 Å². The number of halogens is 1. The standard InChI is InChI=1S/C11H7IO2/c12-11(14)9-2-1-8-6-10(13)4-3-7(8)5-9/h1-6,13H. The number of phenols is 1. The van der Waals surface area contributed by atoms with E-state index in [0.717, 1.165) is 10.8 Å².